The van der Waals surface area contributed by atoms with Crippen LogP contribution < -0.4 is 26.0 Å². The molecule has 9 nitrogen and oxygen atoms in total. The molecule has 3 aromatic rings. The van der Waals surface area contributed by atoms with Crippen LogP contribution in [0.3, 0.4) is 0 Å². The molecule has 0 radical (unpaired) electrons. The Morgan fingerprint density at radius 1 is 1.07 bits per heavy atom. The van der Waals surface area contributed by atoms with Gasteiger partial charge in [0.25, 0.3) is 11.5 Å². The van der Waals surface area contributed by atoms with Gasteiger partial charge < -0.3 is 19.4 Å². The Balaban J connectivity index is 2.14. The molecule has 3 rings (SSSR count). The number of hydrogen-bond acceptors (Lipinski definition) is 5. The molecule has 0 saturated heterocycles. The fraction of sp³-hybridized carbons (Fsp3) is 0.381. The maximum Gasteiger partial charge on any atom is 0.332 e. The van der Waals surface area contributed by atoms with Gasteiger partial charge in [0, 0.05) is 26.7 Å². The van der Waals surface area contributed by atoms with Gasteiger partial charge in [-0.2, -0.15) is 0 Å². The SMILES string of the molecule is CCCCn1c(C(=O)Nc2ccc(OC)cc2OC)cc2c(=O)n(C)c(=O)n(C)c21. The molecule has 1 N–H and O–H groups in total. The summed E-state index contributed by atoms with van der Waals surface area (Å²) in [5.74, 6) is 0.642. The molecule has 0 aliphatic rings. The summed E-state index contributed by atoms with van der Waals surface area (Å²) in [6.45, 7) is 2.54. The zero-order valence-corrected chi connectivity index (χ0v) is 17.8. The van der Waals surface area contributed by atoms with Crippen molar-refractivity contribution in [1.82, 2.24) is 13.7 Å². The fourth-order valence-corrected chi connectivity index (χ4v) is 3.46. The van der Waals surface area contributed by atoms with Gasteiger partial charge in [0.15, 0.2) is 0 Å². The minimum absolute atomic E-state index is 0.301. The molecule has 0 spiro atoms. The third kappa shape index (κ3) is 3.58. The number of unbranched alkanes of at least 4 members (excludes halogenated alkanes) is 1. The Morgan fingerprint density at radius 2 is 1.80 bits per heavy atom. The van der Waals surface area contributed by atoms with Crippen molar-refractivity contribution >= 4 is 22.6 Å². The van der Waals surface area contributed by atoms with Crippen molar-refractivity contribution in [2.75, 3.05) is 19.5 Å². The van der Waals surface area contributed by atoms with Crippen molar-refractivity contribution in [2.45, 2.75) is 26.3 Å². The molecule has 1 aromatic carbocycles. The average molecular weight is 414 g/mol. The number of anilines is 1. The summed E-state index contributed by atoms with van der Waals surface area (Å²) < 4.78 is 14.7. The molecule has 2 aromatic heterocycles. The summed E-state index contributed by atoms with van der Waals surface area (Å²) in [6.07, 6.45) is 1.69. The number of nitrogens with one attached hydrogen (secondary N) is 1. The maximum absolute atomic E-state index is 13.2. The molecule has 30 heavy (non-hydrogen) atoms. The Hall–Kier alpha value is -3.49. The van der Waals surface area contributed by atoms with E-state index < -0.39 is 17.2 Å². The first-order valence-corrected chi connectivity index (χ1v) is 9.66. The lowest BCUT2D eigenvalue weighted by atomic mass is 10.2. The van der Waals surface area contributed by atoms with Crippen LogP contribution in [0.4, 0.5) is 5.69 Å². The third-order valence-electron chi connectivity index (χ3n) is 5.12. The van der Waals surface area contributed by atoms with Gasteiger partial charge in [-0.3, -0.25) is 18.7 Å². The zero-order valence-electron chi connectivity index (χ0n) is 17.8. The molecule has 1 amide bonds. The minimum Gasteiger partial charge on any atom is -0.497 e. The van der Waals surface area contributed by atoms with E-state index in [-0.39, 0.29) is 0 Å². The second-order valence-corrected chi connectivity index (χ2v) is 7.00. The molecule has 0 unspecified atom stereocenters. The van der Waals surface area contributed by atoms with Gasteiger partial charge in [0.2, 0.25) is 0 Å². The van der Waals surface area contributed by atoms with Crippen molar-refractivity contribution in [3.8, 4) is 11.5 Å². The molecule has 0 bridgehead atoms. The molecule has 2 heterocycles. The van der Waals surface area contributed by atoms with Crippen LogP contribution in [0.25, 0.3) is 11.0 Å². The van der Waals surface area contributed by atoms with Crippen LogP contribution >= 0.6 is 0 Å². The highest BCUT2D eigenvalue weighted by atomic mass is 16.5. The largest absolute Gasteiger partial charge is 0.497 e. The maximum atomic E-state index is 13.2. The van der Waals surface area contributed by atoms with Gasteiger partial charge in [0.05, 0.1) is 25.3 Å². The van der Waals surface area contributed by atoms with Crippen LogP contribution in [0.2, 0.25) is 0 Å². The van der Waals surface area contributed by atoms with E-state index in [1.54, 1.807) is 36.9 Å². The number of nitrogens with zero attached hydrogens (tertiary/aromatic N) is 3. The van der Waals surface area contributed by atoms with E-state index in [0.717, 1.165) is 17.4 Å². The summed E-state index contributed by atoms with van der Waals surface area (Å²) in [5.41, 5.74) is 0.335. The predicted octanol–water partition coefficient (Wildman–Crippen LogP) is 2.11. The number of amides is 1. The number of fused-ring (bicyclic) bond motifs is 1. The number of benzene rings is 1. The van der Waals surface area contributed by atoms with E-state index in [9.17, 15) is 14.4 Å². The number of aryl methyl sites for hydroxylation is 2. The smallest absolute Gasteiger partial charge is 0.332 e. The van der Waals surface area contributed by atoms with Crippen molar-refractivity contribution in [2.24, 2.45) is 14.1 Å². The minimum atomic E-state index is -0.438. The molecule has 0 saturated carbocycles. The molecule has 0 aliphatic heterocycles. The highest BCUT2D eigenvalue weighted by molar-refractivity contribution is 6.06. The van der Waals surface area contributed by atoms with Gasteiger partial charge >= 0.3 is 5.69 Å². The van der Waals surface area contributed by atoms with Crippen LogP contribution in [0.5, 0.6) is 11.5 Å². The monoisotopic (exact) mass is 414 g/mol. The quantitative estimate of drug-likeness (QED) is 0.639. The topological polar surface area (TPSA) is 96.5 Å². The standard InChI is InChI=1S/C21H26N4O5/c1-6-7-10-25-16(12-14-19(25)23(2)21(28)24(3)20(14)27)18(26)22-15-9-8-13(29-4)11-17(15)30-5/h8-9,11-12H,6-7,10H2,1-5H3,(H,22,26). The molecule has 0 fully saturated rings. The van der Waals surface area contributed by atoms with Gasteiger partial charge in [-0.15, -0.1) is 0 Å². The van der Waals surface area contributed by atoms with Crippen LogP contribution in [0.15, 0.2) is 33.9 Å². The number of rotatable bonds is 7. The Kier molecular flexibility index (Phi) is 6.00. The van der Waals surface area contributed by atoms with Gasteiger partial charge in [-0.25, -0.2) is 4.79 Å². The summed E-state index contributed by atoms with van der Waals surface area (Å²) in [6, 6.07) is 6.60. The number of ether oxygens (including phenoxy) is 2. The lowest BCUT2D eigenvalue weighted by molar-refractivity contribution is 0.101. The van der Waals surface area contributed by atoms with Crippen LogP contribution in [0.1, 0.15) is 30.3 Å². The lowest BCUT2D eigenvalue weighted by Crippen LogP contribution is -2.37. The summed E-state index contributed by atoms with van der Waals surface area (Å²) in [5, 5.41) is 3.16. The second kappa shape index (κ2) is 8.48. The molecular formula is C21H26N4O5. The average Bonchev–Trinajstić information content (AvgIpc) is 3.14. The number of carbonyl (C=O) groups excluding carboxylic acids is 1. The first-order chi connectivity index (χ1) is 14.3. The molecule has 160 valence electrons. The normalized spacial score (nSPS) is 11.0. The van der Waals surface area contributed by atoms with Crippen molar-refractivity contribution in [3.05, 3.63) is 50.8 Å². The first-order valence-electron chi connectivity index (χ1n) is 9.66. The van der Waals surface area contributed by atoms with E-state index >= 15 is 0 Å². The predicted molar refractivity (Wildman–Crippen MR) is 115 cm³/mol. The lowest BCUT2D eigenvalue weighted by Gasteiger charge is -2.14. The third-order valence-corrected chi connectivity index (χ3v) is 5.12. The van der Waals surface area contributed by atoms with E-state index in [1.165, 1.54) is 24.8 Å². The van der Waals surface area contributed by atoms with Crippen molar-refractivity contribution in [1.29, 1.82) is 0 Å². The van der Waals surface area contributed by atoms with E-state index in [2.05, 4.69) is 5.32 Å². The number of aromatic nitrogens is 3. The fourth-order valence-electron chi connectivity index (χ4n) is 3.46. The molecule has 9 heteroatoms. The van der Waals surface area contributed by atoms with Crippen LogP contribution in [-0.2, 0) is 20.6 Å². The summed E-state index contributed by atoms with van der Waals surface area (Å²) >= 11 is 0. The highest BCUT2D eigenvalue weighted by Crippen LogP contribution is 2.29. The van der Waals surface area contributed by atoms with Gasteiger partial charge in [0.1, 0.15) is 22.8 Å². The van der Waals surface area contributed by atoms with E-state index in [0.29, 0.717) is 40.5 Å². The Morgan fingerprint density at radius 3 is 2.43 bits per heavy atom. The molecule has 0 atom stereocenters. The van der Waals surface area contributed by atoms with Crippen LogP contribution in [-0.4, -0.2) is 33.8 Å². The molecule has 0 aliphatic carbocycles. The Bertz CT molecular complexity index is 1220. The second-order valence-electron chi connectivity index (χ2n) is 7.00. The highest BCUT2D eigenvalue weighted by Gasteiger charge is 2.22. The Labute approximate surface area is 173 Å². The van der Waals surface area contributed by atoms with E-state index in [4.69, 9.17) is 9.47 Å². The number of hydrogen-bond donors (Lipinski definition) is 1. The number of methoxy groups -OCH3 is 2. The molecular weight excluding hydrogens is 388 g/mol. The summed E-state index contributed by atoms with van der Waals surface area (Å²) in [4.78, 5) is 38.3. The summed E-state index contributed by atoms with van der Waals surface area (Å²) in [7, 11) is 6.07. The van der Waals surface area contributed by atoms with Crippen molar-refractivity contribution < 1.29 is 14.3 Å². The number of carbonyl (C=O) groups is 1. The van der Waals surface area contributed by atoms with Gasteiger partial charge in [-0.1, -0.05) is 13.3 Å². The van der Waals surface area contributed by atoms with E-state index in [1.807, 2.05) is 6.92 Å². The zero-order chi connectivity index (χ0) is 22.0. The van der Waals surface area contributed by atoms with Gasteiger partial charge in [-0.05, 0) is 24.6 Å². The first kappa shape index (κ1) is 21.2. The van der Waals surface area contributed by atoms with Crippen LogP contribution in [0, 0.1) is 0 Å². The van der Waals surface area contributed by atoms with Crippen molar-refractivity contribution in [3.63, 3.8) is 0 Å².